The Kier molecular flexibility index (Phi) is 5.53. The lowest BCUT2D eigenvalue weighted by Crippen LogP contribution is -2.40. The van der Waals surface area contributed by atoms with Gasteiger partial charge in [0, 0.05) is 23.1 Å². The maximum atomic E-state index is 12.7. The van der Waals surface area contributed by atoms with Gasteiger partial charge in [-0.3, -0.25) is 4.98 Å². The Bertz CT molecular complexity index is 700. The van der Waals surface area contributed by atoms with Gasteiger partial charge in [-0.1, -0.05) is 0 Å². The van der Waals surface area contributed by atoms with Crippen LogP contribution >= 0.6 is 11.5 Å². The molecule has 24 heavy (non-hydrogen) atoms. The second-order valence-corrected chi connectivity index (χ2v) is 8.89. The van der Waals surface area contributed by atoms with Gasteiger partial charge in [-0.05, 0) is 51.4 Å². The average molecular weight is 378 g/mol. The van der Waals surface area contributed by atoms with E-state index in [0.29, 0.717) is 5.01 Å². The molecule has 0 aliphatic rings. The number of nitrogens with zero attached hydrogens (tertiary/aromatic N) is 3. The Balaban J connectivity index is 2.19. The molecule has 1 N–H and O–H groups in total. The van der Waals surface area contributed by atoms with Crippen molar-refractivity contribution in [1.82, 2.24) is 19.1 Å². The molecule has 2 rings (SSSR count). The van der Waals surface area contributed by atoms with Crippen LogP contribution in [0.4, 0.5) is 13.2 Å². The number of hydrogen-bond acceptors (Lipinski definition) is 6. The Morgan fingerprint density at radius 2 is 1.96 bits per heavy atom. The molecular weight excluding hydrogens is 361 g/mol. The van der Waals surface area contributed by atoms with Gasteiger partial charge in [0.25, 0.3) is 0 Å². The van der Waals surface area contributed by atoms with E-state index in [2.05, 4.69) is 19.1 Å². The van der Waals surface area contributed by atoms with Crippen molar-refractivity contribution in [1.29, 1.82) is 0 Å². The zero-order valence-corrected chi connectivity index (χ0v) is 15.1. The van der Waals surface area contributed by atoms with Crippen LogP contribution in [0, 0.1) is 0 Å². The summed E-state index contributed by atoms with van der Waals surface area (Å²) in [4.78, 5) is 7.57. The van der Waals surface area contributed by atoms with E-state index in [1.807, 2.05) is 20.8 Å². The third-order valence-corrected chi connectivity index (χ3v) is 5.54. The molecule has 2 atom stereocenters. The Morgan fingerprint density at radius 1 is 1.29 bits per heavy atom. The smallest absolute Gasteiger partial charge is 0.433 e. The summed E-state index contributed by atoms with van der Waals surface area (Å²) in [5, 5.41) is 0.549. The van der Waals surface area contributed by atoms with E-state index < -0.39 is 28.0 Å². The molecule has 0 bridgehead atoms. The molecule has 1 unspecified atom stereocenters. The molecule has 0 fully saturated rings. The molecule has 0 amide bonds. The fourth-order valence-electron chi connectivity index (χ4n) is 1.64. The van der Waals surface area contributed by atoms with Crippen molar-refractivity contribution in [2.45, 2.75) is 44.7 Å². The number of nitrogens with one attached hydrogen (secondary N) is 1. The van der Waals surface area contributed by atoms with E-state index in [9.17, 15) is 17.7 Å². The second kappa shape index (κ2) is 6.95. The first-order valence-corrected chi connectivity index (χ1v) is 8.96. The lowest BCUT2D eigenvalue weighted by molar-refractivity contribution is -0.141. The lowest BCUT2D eigenvalue weighted by atomic mass is 10.2. The van der Waals surface area contributed by atoms with Crippen molar-refractivity contribution in [3.8, 4) is 11.4 Å². The minimum absolute atomic E-state index is 0.193. The first-order chi connectivity index (χ1) is 11.0. The number of hydrogen-bond donors (Lipinski definition) is 1. The maximum Gasteiger partial charge on any atom is 0.433 e. The van der Waals surface area contributed by atoms with Crippen molar-refractivity contribution in [3.05, 3.63) is 29.0 Å². The quantitative estimate of drug-likeness (QED) is 0.821. The van der Waals surface area contributed by atoms with Gasteiger partial charge in [-0.25, -0.2) is 4.98 Å². The number of aromatic nitrogens is 3. The predicted molar refractivity (Wildman–Crippen MR) is 87.6 cm³/mol. The maximum absolute atomic E-state index is 12.7. The Morgan fingerprint density at radius 3 is 2.54 bits per heavy atom. The topological polar surface area (TPSA) is 73.8 Å². The predicted octanol–water partition coefficient (Wildman–Crippen LogP) is 3.73. The van der Waals surface area contributed by atoms with E-state index in [1.54, 1.807) is 6.92 Å². The van der Waals surface area contributed by atoms with E-state index in [4.69, 9.17) is 0 Å². The van der Waals surface area contributed by atoms with Gasteiger partial charge in [0.1, 0.15) is 21.5 Å². The largest absolute Gasteiger partial charge is 0.598 e. The number of alkyl halides is 3. The molecule has 10 heteroatoms. The minimum atomic E-state index is -4.52. The summed E-state index contributed by atoms with van der Waals surface area (Å²) in [6.45, 7) is 7.29. The molecule has 0 aromatic carbocycles. The molecule has 2 aromatic heterocycles. The minimum Gasteiger partial charge on any atom is -0.598 e. The normalized spacial score (nSPS) is 15.3. The monoisotopic (exact) mass is 378 g/mol. The first-order valence-electron chi connectivity index (χ1n) is 7.04. The molecule has 132 valence electrons. The molecule has 0 aliphatic heterocycles. The summed E-state index contributed by atoms with van der Waals surface area (Å²) in [7, 11) is 0. The molecular formula is C14H17F3N4OS2. The van der Waals surface area contributed by atoms with Gasteiger partial charge in [0.15, 0.2) is 5.82 Å². The van der Waals surface area contributed by atoms with Crippen molar-refractivity contribution in [2.24, 2.45) is 0 Å². The third-order valence-electron chi connectivity index (χ3n) is 2.96. The SMILES string of the molecule is CC(N[S@+]([O-])C(C)(C)C)c1nc(-c2ccnc(C(F)(F)F)c2)ns1. The molecule has 0 spiro atoms. The van der Waals surface area contributed by atoms with E-state index >= 15 is 0 Å². The highest BCUT2D eigenvalue weighted by Gasteiger charge is 2.33. The van der Waals surface area contributed by atoms with Gasteiger partial charge >= 0.3 is 6.18 Å². The Hall–Kier alpha value is -1.23. The summed E-state index contributed by atoms with van der Waals surface area (Å²) >= 11 is -0.230. The van der Waals surface area contributed by atoms with Crippen LogP contribution in [0.25, 0.3) is 11.4 Å². The van der Waals surface area contributed by atoms with E-state index in [1.165, 1.54) is 6.07 Å². The fourth-order valence-corrected chi connectivity index (χ4v) is 3.17. The summed E-state index contributed by atoms with van der Waals surface area (Å²) in [5.41, 5.74) is -0.750. The molecule has 0 saturated heterocycles. The van der Waals surface area contributed by atoms with Crippen LogP contribution in [0.15, 0.2) is 18.3 Å². The zero-order chi connectivity index (χ0) is 18.1. The van der Waals surface area contributed by atoms with Crippen LogP contribution in [0.5, 0.6) is 0 Å². The zero-order valence-electron chi connectivity index (χ0n) is 13.5. The summed E-state index contributed by atoms with van der Waals surface area (Å²) < 4.78 is 56.9. The van der Waals surface area contributed by atoms with Crippen molar-refractivity contribution >= 4 is 22.9 Å². The van der Waals surface area contributed by atoms with Gasteiger partial charge < -0.3 is 4.55 Å². The summed E-state index contributed by atoms with van der Waals surface area (Å²) in [6, 6.07) is 2.00. The molecule has 2 heterocycles. The van der Waals surface area contributed by atoms with Gasteiger partial charge in [0.2, 0.25) is 0 Å². The molecule has 0 radical (unpaired) electrons. The molecule has 0 aliphatic carbocycles. The van der Waals surface area contributed by atoms with Crippen LogP contribution in [0.3, 0.4) is 0 Å². The number of halogens is 3. The number of rotatable bonds is 4. The van der Waals surface area contributed by atoms with Gasteiger partial charge in [-0.2, -0.15) is 17.5 Å². The van der Waals surface area contributed by atoms with Gasteiger partial charge in [0.05, 0.1) is 0 Å². The van der Waals surface area contributed by atoms with Crippen LogP contribution in [-0.4, -0.2) is 23.6 Å². The number of pyridine rings is 1. The molecule has 2 aromatic rings. The average Bonchev–Trinajstić information content (AvgIpc) is 2.95. The standard InChI is InChI=1S/C14H17F3N4OS2/c1-8(21-24(22)13(2,3)4)12-19-11(20-23-12)9-5-6-18-10(7-9)14(15,16)17/h5-8,21H,1-4H3/t8?,24-/m1/s1. The van der Waals surface area contributed by atoms with E-state index in [-0.39, 0.29) is 17.4 Å². The highest BCUT2D eigenvalue weighted by atomic mass is 32.2. The van der Waals surface area contributed by atoms with Crippen LogP contribution in [-0.2, 0) is 17.5 Å². The summed E-state index contributed by atoms with van der Waals surface area (Å²) in [6.07, 6.45) is -3.44. The highest BCUT2D eigenvalue weighted by Crippen LogP contribution is 2.30. The fraction of sp³-hybridized carbons (Fsp3) is 0.500. The summed E-state index contributed by atoms with van der Waals surface area (Å²) in [5.74, 6) is 0.193. The van der Waals surface area contributed by atoms with Crippen LogP contribution < -0.4 is 4.72 Å². The highest BCUT2D eigenvalue weighted by molar-refractivity contribution is 7.90. The van der Waals surface area contributed by atoms with Crippen LogP contribution in [0.1, 0.15) is 44.4 Å². The first kappa shape index (κ1) is 19.1. The van der Waals surface area contributed by atoms with Gasteiger partial charge in [-0.15, -0.1) is 4.72 Å². The Labute approximate surface area is 145 Å². The molecule has 0 saturated carbocycles. The molecule has 5 nitrogen and oxygen atoms in total. The van der Waals surface area contributed by atoms with E-state index in [0.717, 1.165) is 23.8 Å². The third kappa shape index (κ3) is 4.65. The van der Waals surface area contributed by atoms with Crippen molar-refractivity contribution in [2.75, 3.05) is 0 Å². The van der Waals surface area contributed by atoms with Crippen molar-refractivity contribution in [3.63, 3.8) is 0 Å². The van der Waals surface area contributed by atoms with Crippen molar-refractivity contribution < 1.29 is 17.7 Å². The lowest BCUT2D eigenvalue weighted by Gasteiger charge is -2.25. The van der Waals surface area contributed by atoms with Crippen LogP contribution in [0.2, 0.25) is 0 Å². The second-order valence-electron chi connectivity index (χ2n) is 6.10.